The number of hydrogen-bond acceptors (Lipinski definition) is 4. The summed E-state index contributed by atoms with van der Waals surface area (Å²) in [5, 5.41) is 0. The van der Waals surface area contributed by atoms with Crippen molar-refractivity contribution in [3.63, 3.8) is 0 Å². The second kappa shape index (κ2) is 11.2. The van der Waals surface area contributed by atoms with E-state index in [0.717, 1.165) is 11.1 Å². The van der Waals surface area contributed by atoms with Crippen molar-refractivity contribution in [1.29, 1.82) is 0 Å². The Morgan fingerprint density at radius 1 is 1.00 bits per heavy atom. The van der Waals surface area contributed by atoms with Crippen molar-refractivity contribution in [3.05, 3.63) is 84.2 Å². The van der Waals surface area contributed by atoms with Crippen molar-refractivity contribution in [1.82, 2.24) is 0 Å². The first-order valence-corrected chi connectivity index (χ1v) is 10.5. The second-order valence-corrected chi connectivity index (χ2v) is 7.82. The summed E-state index contributed by atoms with van der Waals surface area (Å²) in [6.45, 7) is 17.2. The van der Waals surface area contributed by atoms with Crippen LogP contribution in [0.25, 0.3) is 6.08 Å². The molecule has 0 bridgehead atoms. The lowest BCUT2D eigenvalue weighted by molar-refractivity contribution is 0.104. The van der Waals surface area contributed by atoms with Gasteiger partial charge in [0.1, 0.15) is 17.2 Å². The molecular formula is C27H32O4. The number of hydrogen-bond donors (Lipinski definition) is 0. The topological polar surface area (TPSA) is 44.8 Å². The van der Waals surface area contributed by atoms with Crippen LogP contribution < -0.4 is 14.2 Å². The van der Waals surface area contributed by atoms with Gasteiger partial charge in [-0.2, -0.15) is 0 Å². The molecule has 0 aliphatic rings. The minimum Gasteiger partial charge on any atom is -0.490 e. The van der Waals surface area contributed by atoms with E-state index in [1.807, 2.05) is 45.9 Å². The van der Waals surface area contributed by atoms with Gasteiger partial charge in [0.2, 0.25) is 0 Å². The maximum absolute atomic E-state index is 12.8. The molecule has 0 spiro atoms. The van der Waals surface area contributed by atoms with E-state index in [0.29, 0.717) is 35.0 Å². The van der Waals surface area contributed by atoms with Gasteiger partial charge in [-0.3, -0.25) is 4.79 Å². The van der Waals surface area contributed by atoms with E-state index in [-0.39, 0.29) is 18.0 Å². The molecular weight excluding hydrogens is 388 g/mol. The number of benzene rings is 2. The monoisotopic (exact) mass is 420 g/mol. The Bertz CT molecular complexity index is 950. The highest BCUT2D eigenvalue weighted by molar-refractivity contribution is 6.07. The predicted octanol–water partition coefficient (Wildman–Crippen LogP) is 6.80. The van der Waals surface area contributed by atoms with Gasteiger partial charge in [-0.1, -0.05) is 18.7 Å². The molecule has 0 fully saturated rings. The maximum Gasteiger partial charge on any atom is 0.185 e. The summed E-state index contributed by atoms with van der Waals surface area (Å²) in [5.74, 6) is 2.50. The lowest BCUT2D eigenvalue weighted by Crippen LogP contribution is -2.12. The molecule has 164 valence electrons. The van der Waals surface area contributed by atoms with Crippen LogP contribution in [0.3, 0.4) is 0 Å². The van der Waals surface area contributed by atoms with E-state index in [1.54, 1.807) is 43.3 Å². The number of ether oxygens (including phenoxy) is 3. The summed E-state index contributed by atoms with van der Waals surface area (Å²) in [4.78, 5) is 12.8. The summed E-state index contributed by atoms with van der Waals surface area (Å²) in [7, 11) is 0. The Morgan fingerprint density at radius 3 is 2.19 bits per heavy atom. The number of carbonyl (C=O) groups is 1. The Kier molecular flexibility index (Phi) is 8.68. The molecule has 0 amide bonds. The van der Waals surface area contributed by atoms with Gasteiger partial charge in [0.05, 0.1) is 23.5 Å². The molecule has 0 saturated heterocycles. The number of carbonyl (C=O) groups excluding carboxylic acids is 1. The fourth-order valence-electron chi connectivity index (χ4n) is 2.98. The molecule has 4 heteroatoms. The van der Waals surface area contributed by atoms with E-state index in [2.05, 4.69) is 13.2 Å². The molecule has 4 nitrogen and oxygen atoms in total. The van der Waals surface area contributed by atoms with Crippen LogP contribution in [0.5, 0.6) is 17.2 Å². The number of rotatable bonds is 11. The lowest BCUT2D eigenvalue weighted by Gasteiger charge is -2.20. The van der Waals surface area contributed by atoms with Gasteiger partial charge in [-0.05, 0) is 89.1 Å². The summed E-state index contributed by atoms with van der Waals surface area (Å²) < 4.78 is 17.6. The van der Waals surface area contributed by atoms with Crippen LogP contribution in [-0.4, -0.2) is 18.0 Å². The zero-order chi connectivity index (χ0) is 23.0. The van der Waals surface area contributed by atoms with Crippen molar-refractivity contribution >= 4 is 11.9 Å². The summed E-state index contributed by atoms with van der Waals surface area (Å²) in [6, 6.07) is 10.9. The van der Waals surface area contributed by atoms with Crippen LogP contribution in [0.4, 0.5) is 0 Å². The quantitative estimate of drug-likeness (QED) is 0.174. The minimum atomic E-state index is -0.123. The van der Waals surface area contributed by atoms with Gasteiger partial charge in [-0.15, -0.1) is 6.58 Å². The summed E-state index contributed by atoms with van der Waals surface area (Å²) >= 11 is 0. The van der Waals surface area contributed by atoms with Gasteiger partial charge in [0.25, 0.3) is 0 Å². The molecule has 0 radical (unpaired) electrons. The highest BCUT2D eigenvalue weighted by atomic mass is 16.5. The second-order valence-electron chi connectivity index (χ2n) is 7.82. The lowest BCUT2D eigenvalue weighted by atomic mass is 10.0. The van der Waals surface area contributed by atoms with Gasteiger partial charge < -0.3 is 14.2 Å². The molecule has 2 rings (SSSR count). The molecule has 2 aromatic carbocycles. The molecule has 0 saturated carbocycles. The summed E-state index contributed by atoms with van der Waals surface area (Å²) in [6.07, 6.45) is 5.76. The van der Waals surface area contributed by atoms with Crippen molar-refractivity contribution in [2.45, 2.75) is 53.2 Å². The largest absolute Gasteiger partial charge is 0.490 e. The zero-order valence-corrected chi connectivity index (χ0v) is 19.1. The van der Waals surface area contributed by atoms with E-state index < -0.39 is 0 Å². The summed E-state index contributed by atoms with van der Waals surface area (Å²) in [5.41, 5.74) is 2.30. The Balaban J connectivity index is 2.42. The number of ketones is 1. The van der Waals surface area contributed by atoms with Crippen molar-refractivity contribution in [2.75, 3.05) is 0 Å². The Labute approximate surface area is 185 Å². The van der Waals surface area contributed by atoms with Crippen LogP contribution in [-0.2, 0) is 6.42 Å². The Hall–Kier alpha value is -3.27. The molecule has 0 atom stereocenters. The molecule has 2 aromatic rings. The van der Waals surface area contributed by atoms with E-state index in [9.17, 15) is 4.79 Å². The van der Waals surface area contributed by atoms with Gasteiger partial charge >= 0.3 is 0 Å². The first-order valence-electron chi connectivity index (χ1n) is 10.5. The van der Waals surface area contributed by atoms with Crippen molar-refractivity contribution < 1.29 is 19.0 Å². The average molecular weight is 421 g/mol. The van der Waals surface area contributed by atoms with Gasteiger partial charge in [-0.25, -0.2) is 0 Å². The minimum absolute atomic E-state index is 0.0131. The first-order chi connectivity index (χ1) is 14.7. The zero-order valence-electron chi connectivity index (χ0n) is 19.1. The molecule has 31 heavy (non-hydrogen) atoms. The molecule has 0 aliphatic carbocycles. The van der Waals surface area contributed by atoms with Crippen molar-refractivity contribution in [3.8, 4) is 17.2 Å². The fraction of sp³-hybridized carbons (Fsp3) is 0.296. The van der Waals surface area contributed by atoms with E-state index in [1.165, 1.54) is 0 Å². The SMILES string of the molecule is C=CCc1ccc(OC(C)C)c(/C=C/C(=O)c2ccc(OC(=C)C)cc2)c1OC(C)C. The third-order valence-corrected chi connectivity index (χ3v) is 4.15. The normalized spacial score (nSPS) is 11.1. The third kappa shape index (κ3) is 7.18. The van der Waals surface area contributed by atoms with Crippen LogP contribution in [0.1, 0.15) is 56.1 Å². The van der Waals surface area contributed by atoms with E-state index in [4.69, 9.17) is 14.2 Å². The smallest absolute Gasteiger partial charge is 0.185 e. The van der Waals surface area contributed by atoms with Gasteiger partial charge in [0.15, 0.2) is 5.78 Å². The molecule has 0 aromatic heterocycles. The standard InChI is InChI=1S/C27H32O4/c1-8-9-22-12-17-26(30-19(4)5)24(27(22)31-20(6)7)15-16-25(28)21-10-13-23(14-11-21)29-18(2)3/h8,10-17,19-20H,1-2,9H2,3-7H3/b16-15+. The van der Waals surface area contributed by atoms with Crippen LogP contribution in [0.2, 0.25) is 0 Å². The van der Waals surface area contributed by atoms with Crippen LogP contribution >= 0.6 is 0 Å². The van der Waals surface area contributed by atoms with Gasteiger partial charge in [0, 0.05) is 5.56 Å². The predicted molar refractivity (Wildman–Crippen MR) is 127 cm³/mol. The van der Waals surface area contributed by atoms with E-state index >= 15 is 0 Å². The third-order valence-electron chi connectivity index (χ3n) is 4.15. The highest BCUT2D eigenvalue weighted by Gasteiger charge is 2.16. The maximum atomic E-state index is 12.8. The Morgan fingerprint density at radius 2 is 1.65 bits per heavy atom. The highest BCUT2D eigenvalue weighted by Crippen LogP contribution is 2.36. The number of allylic oxidation sites excluding steroid dienone is 3. The van der Waals surface area contributed by atoms with Crippen LogP contribution in [0, 0.1) is 0 Å². The van der Waals surface area contributed by atoms with Crippen LogP contribution in [0.15, 0.2) is 67.5 Å². The first kappa shape index (κ1) is 24.0. The van der Waals surface area contributed by atoms with Crippen molar-refractivity contribution in [2.24, 2.45) is 0 Å². The molecule has 0 unspecified atom stereocenters. The fourth-order valence-corrected chi connectivity index (χ4v) is 2.98. The molecule has 0 N–H and O–H groups in total. The molecule has 0 heterocycles. The average Bonchev–Trinajstić information content (AvgIpc) is 2.68. The molecule has 0 aliphatic heterocycles.